The molecule has 2 heteroatoms. The lowest BCUT2D eigenvalue weighted by Gasteiger charge is -2.33. The normalized spacial score (nSPS) is 38.1. The van der Waals surface area contributed by atoms with E-state index < -0.39 is 0 Å². The van der Waals surface area contributed by atoms with Crippen LogP contribution in [0.2, 0.25) is 0 Å². The van der Waals surface area contributed by atoms with Crippen LogP contribution in [0.4, 0.5) is 0 Å². The SMILES string of the molecule is CC(NCC1CC(O)C1)C1(C)CC1. The van der Waals surface area contributed by atoms with Crippen LogP contribution < -0.4 is 5.32 Å². The molecule has 2 aliphatic rings. The van der Waals surface area contributed by atoms with Crippen molar-refractivity contribution in [3.63, 3.8) is 0 Å². The Balaban J connectivity index is 1.62. The van der Waals surface area contributed by atoms with Crippen LogP contribution in [-0.2, 0) is 0 Å². The minimum absolute atomic E-state index is 0.00128. The zero-order chi connectivity index (χ0) is 9.47. The second kappa shape index (κ2) is 3.25. The van der Waals surface area contributed by atoms with Gasteiger partial charge in [0.25, 0.3) is 0 Å². The fourth-order valence-corrected chi connectivity index (χ4v) is 2.09. The monoisotopic (exact) mass is 183 g/mol. The van der Waals surface area contributed by atoms with Crippen LogP contribution in [-0.4, -0.2) is 23.8 Å². The lowest BCUT2D eigenvalue weighted by molar-refractivity contribution is 0.0411. The number of hydrogen-bond acceptors (Lipinski definition) is 2. The summed E-state index contributed by atoms with van der Waals surface area (Å²) >= 11 is 0. The molecule has 2 rings (SSSR count). The van der Waals surface area contributed by atoms with Gasteiger partial charge in [-0.2, -0.15) is 0 Å². The van der Waals surface area contributed by atoms with Crippen molar-refractivity contribution in [3.05, 3.63) is 0 Å². The Morgan fingerprint density at radius 3 is 2.54 bits per heavy atom. The molecule has 0 radical (unpaired) electrons. The van der Waals surface area contributed by atoms with Gasteiger partial charge in [0.05, 0.1) is 6.10 Å². The summed E-state index contributed by atoms with van der Waals surface area (Å²) in [7, 11) is 0. The van der Waals surface area contributed by atoms with Crippen molar-refractivity contribution in [2.75, 3.05) is 6.54 Å². The van der Waals surface area contributed by atoms with E-state index in [4.69, 9.17) is 5.11 Å². The Morgan fingerprint density at radius 1 is 1.46 bits per heavy atom. The molecule has 0 aromatic carbocycles. The molecule has 2 N–H and O–H groups in total. The van der Waals surface area contributed by atoms with Gasteiger partial charge in [0.1, 0.15) is 0 Å². The molecule has 2 fully saturated rings. The molecule has 2 saturated carbocycles. The molecule has 0 amide bonds. The molecule has 1 atom stereocenters. The standard InChI is InChI=1S/C11H21NO/c1-8(11(2)3-4-11)12-7-9-5-10(13)6-9/h8-10,12-13H,3-7H2,1-2H3. The number of aliphatic hydroxyl groups is 1. The average molecular weight is 183 g/mol. The molecule has 0 aromatic heterocycles. The molecule has 76 valence electrons. The van der Waals surface area contributed by atoms with Gasteiger partial charge in [-0.1, -0.05) is 6.92 Å². The third kappa shape index (κ3) is 2.05. The van der Waals surface area contributed by atoms with Crippen LogP contribution in [0.15, 0.2) is 0 Å². The molecular formula is C11H21NO. The number of nitrogens with one attached hydrogen (secondary N) is 1. The van der Waals surface area contributed by atoms with E-state index in [1.807, 2.05) is 0 Å². The largest absolute Gasteiger partial charge is 0.393 e. The van der Waals surface area contributed by atoms with Gasteiger partial charge >= 0.3 is 0 Å². The summed E-state index contributed by atoms with van der Waals surface area (Å²) in [6.07, 6.45) is 4.79. The van der Waals surface area contributed by atoms with Crippen LogP contribution in [0.3, 0.4) is 0 Å². The highest BCUT2D eigenvalue weighted by Gasteiger charge is 2.42. The van der Waals surface area contributed by atoms with E-state index in [9.17, 15) is 0 Å². The van der Waals surface area contributed by atoms with Crippen molar-refractivity contribution in [2.45, 2.75) is 51.7 Å². The average Bonchev–Trinajstić information content (AvgIpc) is 2.76. The Hall–Kier alpha value is -0.0800. The first-order valence-corrected chi connectivity index (χ1v) is 5.51. The quantitative estimate of drug-likeness (QED) is 0.693. The Labute approximate surface area is 80.7 Å². The molecule has 1 unspecified atom stereocenters. The predicted octanol–water partition coefficient (Wildman–Crippen LogP) is 1.54. The van der Waals surface area contributed by atoms with Gasteiger partial charge in [0, 0.05) is 6.04 Å². The summed E-state index contributed by atoms with van der Waals surface area (Å²) in [5.74, 6) is 0.736. The molecule has 0 heterocycles. The van der Waals surface area contributed by atoms with Crippen LogP contribution in [0.25, 0.3) is 0 Å². The molecular weight excluding hydrogens is 162 g/mol. The summed E-state index contributed by atoms with van der Waals surface area (Å²) in [4.78, 5) is 0. The molecule has 0 spiro atoms. The van der Waals surface area contributed by atoms with Gasteiger partial charge in [-0.25, -0.2) is 0 Å². The molecule has 0 bridgehead atoms. The van der Waals surface area contributed by atoms with Gasteiger partial charge in [-0.15, -0.1) is 0 Å². The molecule has 0 aromatic rings. The molecule has 0 aliphatic heterocycles. The smallest absolute Gasteiger partial charge is 0.0546 e. The number of aliphatic hydroxyl groups excluding tert-OH is 1. The Kier molecular flexibility index (Phi) is 2.37. The van der Waals surface area contributed by atoms with E-state index in [-0.39, 0.29) is 6.10 Å². The first kappa shape index (κ1) is 9.47. The van der Waals surface area contributed by atoms with Crippen molar-refractivity contribution in [1.29, 1.82) is 0 Å². The molecule has 2 nitrogen and oxygen atoms in total. The Bertz CT molecular complexity index is 183. The molecule has 13 heavy (non-hydrogen) atoms. The highest BCUT2D eigenvalue weighted by atomic mass is 16.3. The first-order valence-electron chi connectivity index (χ1n) is 5.51. The van der Waals surface area contributed by atoms with Crippen molar-refractivity contribution < 1.29 is 5.11 Å². The number of rotatable bonds is 4. The lowest BCUT2D eigenvalue weighted by atomic mass is 9.82. The van der Waals surface area contributed by atoms with E-state index in [1.165, 1.54) is 12.8 Å². The third-order valence-electron chi connectivity index (χ3n) is 4.01. The van der Waals surface area contributed by atoms with Gasteiger partial charge in [0.2, 0.25) is 0 Å². The third-order valence-corrected chi connectivity index (χ3v) is 4.01. The maximum Gasteiger partial charge on any atom is 0.0546 e. The minimum Gasteiger partial charge on any atom is -0.393 e. The maximum absolute atomic E-state index is 9.13. The Morgan fingerprint density at radius 2 is 2.08 bits per heavy atom. The maximum atomic E-state index is 9.13. The fourth-order valence-electron chi connectivity index (χ4n) is 2.09. The summed E-state index contributed by atoms with van der Waals surface area (Å²) in [5, 5.41) is 12.7. The van der Waals surface area contributed by atoms with Gasteiger partial charge in [-0.3, -0.25) is 0 Å². The minimum atomic E-state index is -0.00128. The first-order chi connectivity index (χ1) is 6.10. The van der Waals surface area contributed by atoms with Gasteiger partial charge < -0.3 is 10.4 Å². The van der Waals surface area contributed by atoms with E-state index in [0.717, 1.165) is 25.3 Å². The molecule has 0 saturated heterocycles. The van der Waals surface area contributed by atoms with Crippen LogP contribution in [0, 0.1) is 11.3 Å². The van der Waals surface area contributed by atoms with Crippen molar-refractivity contribution in [1.82, 2.24) is 5.32 Å². The van der Waals surface area contributed by atoms with Crippen molar-refractivity contribution >= 4 is 0 Å². The number of hydrogen-bond donors (Lipinski definition) is 2. The topological polar surface area (TPSA) is 32.3 Å². The highest BCUT2D eigenvalue weighted by Crippen LogP contribution is 2.48. The van der Waals surface area contributed by atoms with Crippen LogP contribution in [0.1, 0.15) is 39.5 Å². The summed E-state index contributed by atoms with van der Waals surface area (Å²) in [6.45, 7) is 5.76. The van der Waals surface area contributed by atoms with Gasteiger partial charge in [-0.05, 0) is 50.5 Å². The van der Waals surface area contributed by atoms with Crippen molar-refractivity contribution in [2.24, 2.45) is 11.3 Å². The van der Waals surface area contributed by atoms with Gasteiger partial charge in [0.15, 0.2) is 0 Å². The fraction of sp³-hybridized carbons (Fsp3) is 1.00. The second-order valence-electron chi connectivity index (χ2n) is 5.28. The van der Waals surface area contributed by atoms with E-state index >= 15 is 0 Å². The van der Waals surface area contributed by atoms with Crippen molar-refractivity contribution in [3.8, 4) is 0 Å². The summed E-state index contributed by atoms with van der Waals surface area (Å²) in [5.41, 5.74) is 0.586. The predicted molar refractivity (Wildman–Crippen MR) is 53.5 cm³/mol. The second-order valence-corrected chi connectivity index (χ2v) is 5.28. The molecule has 2 aliphatic carbocycles. The van der Waals surface area contributed by atoms with E-state index in [1.54, 1.807) is 0 Å². The van der Waals surface area contributed by atoms with E-state index in [0.29, 0.717) is 11.5 Å². The lowest BCUT2D eigenvalue weighted by Crippen LogP contribution is -2.41. The summed E-state index contributed by atoms with van der Waals surface area (Å²) in [6, 6.07) is 0.658. The zero-order valence-corrected chi connectivity index (χ0v) is 8.71. The van der Waals surface area contributed by atoms with E-state index in [2.05, 4.69) is 19.2 Å². The van der Waals surface area contributed by atoms with Crippen LogP contribution >= 0.6 is 0 Å². The van der Waals surface area contributed by atoms with Crippen LogP contribution in [0.5, 0.6) is 0 Å². The zero-order valence-electron chi connectivity index (χ0n) is 8.71. The highest BCUT2D eigenvalue weighted by molar-refractivity contribution is 4.97. The summed E-state index contributed by atoms with van der Waals surface area (Å²) < 4.78 is 0.